The first kappa shape index (κ1) is 51.7. The van der Waals surface area contributed by atoms with Gasteiger partial charge in [0.05, 0.1) is 6.10 Å². The van der Waals surface area contributed by atoms with E-state index in [4.69, 9.17) is 37.9 Å². The topological polar surface area (TPSA) is 102 Å². The van der Waals surface area contributed by atoms with Crippen LogP contribution in [0.3, 0.4) is 0 Å². The summed E-state index contributed by atoms with van der Waals surface area (Å²) in [6.07, 6.45) is 16.4. The van der Waals surface area contributed by atoms with Gasteiger partial charge in [0.15, 0.2) is 23.3 Å². The van der Waals surface area contributed by atoms with Gasteiger partial charge < -0.3 is 15.0 Å². The van der Waals surface area contributed by atoms with Crippen molar-refractivity contribution < 1.29 is 7.90 Å². The van der Waals surface area contributed by atoms with Crippen molar-refractivity contribution in [3.8, 4) is 0 Å². The summed E-state index contributed by atoms with van der Waals surface area (Å²) in [6.45, 7) is 12.8. The number of aliphatic imine (C=N–C) groups is 4. The average Bonchev–Trinajstić information content (AvgIpc) is 2.77. The molecule has 3 saturated carbocycles. The second-order valence-corrected chi connectivity index (χ2v) is 31.5. The Bertz CT molecular complexity index is 4050. The minimum Gasteiger partial charge on any atom is -0.482 e. The third kappa shape index (κ3) is 8.06. The van der Waals surface area contributed by atoms with Gasteiger partial charge in [0.25, 0.3) is 0 Å². The molecule has 83 heavy (non-hydrogen) atoms. The summed E-state index contributed by atoms with van der Waals surface area (Å²) in [5.74, 6) is 8.51. The van der Waals surface area contributed by atoms with Gasteiger partial charge in [-0.2, -0.15) is 0 Å². The molecule has 4 aliphatic heterocycles. The van der Waals surface area contributed by atoms with Gasteiger partial charge in [0.2, 0.25) is 0 Å². The van der Waals surface area contributed by atoms with E-state index in [1.807, 2.05) is 0 Å². The summed E-state index contributed by atoms with van der Waals surface area (Å²) < 4.78 is 21.8. The zero-order valence-corrected chi connectivity index (χ0v) is 50.5. The van der Waals surface area contributed by atoms with Crippen LogP contribution in [-0.4, -0.2) is 60.0 Å². The number of rotatable bonds is 11. The Morgan fingerprint density at radius 3 is 1.61 bits per heavy atom. The average molecular weight is 1120 g/mol. The lowest BCUT2D eigenvalue weighted by Gasteiger charge is -2.59. The van der Waals surface area contributed by atoms with Crippen LogP contribution in [0.4, 0.5) is 11.6 Å². The number of allylic oxidation sites excluding steroid dienone is 1. The molecule has 8 aromatic rings. The molecular formula is C71H71AlN8O2Si. The Kier molecular flexibility index (Phi) is 12.4. The second kappa shape index (κ2) is 19.9. The molecule has 2 aromatic heterocycles. The second-order valence-electron chi connectivity index (χ2n) is 26.2. The first-order chi connectivity index (χ1) is 40.6. The van der Waals surface area contributed by atoms with Crippen LogP contribution < -0.4 is 21.3 Å². The summed E-state index contributed by atoms with van der Waals surface area (Å²) in [7, 11) is -3.88. The molecule has 3 fully saturated rings. The number of aromatic nitrogens is 2. The molecule has 0 saturated heterocycles. The van der Waals surface area contributed by atoms with Crippen molar-refractivity contribution in [3.05, 3.63) is 203 Å². The van der Waals surface area contributed by atoms with Crippen LogP contribution in [0.15, 0.2) is 199 Å². The van der Waals surface area contributed by atoms with Gasteiger partial charge in [-0.05, 0) is 108 Å². The van der Waals surface area contributed by atoms with Crippen molar-refractivity contribution in [2.75, 3.05) is 0 Å². The zero-order valence-electron chi connectivity index (χ0n) is 48.4. The van der Waals surface area contributed by atoms with Gasteiger partial charge in [-0.3, -0.25) is 0 Å². The fraction of sp³-hybridized carbons (Fsp3) is 0.352. The Morgan fingerprint density at radius 1 is 0.542 bits per heavy atom. The van der Waals surface area contributed by atoms with Crippen molar-refractivity contribution in [1.29, 1.82) is 0 Å². The molecule has 6 aromatic carbocycles. The molecule has 6 heterocycles. The van der Waals surface area contributed by atoms with E-state index in [1.54, 1.807) is 5.57 Å². The largest absolute Gasteiger partial charge is 0.800 e. The number of amidine groups is 4. The highest BCUT2D eigenvalue weighted by Crippen LogP contribution is 2.67. The monoisotopic (exact) mass is 1120 g/mol. The number of nitrogens with zero attached hydrogens (tertiary/aromatic N) is 8. The fourth-order valence-corrected chi connectivity index (χ4v) is 25.1. The van der Waals surface area contributed by atoms with Crippen molar-refractivity contribution in [2.45, 2.75) is 111 Å². The van der Waals surface area contributed by atoms with E-state index in [0.717, 1.165) is 126 Å². The minimum absolute atomic E-state index is 0.0959. The first-order valence-electron chi connectivity index (χ1n) is 31.0. The van der Waals surface area contributed by atoms with Crippen LogP contribution in [0.25, 0.3) is 21.5 Å². The van der Waals surface area contributed by atoms with Gasteiger partial charge >= 0.3 is 23.5 Å². The fourth-order valence-electron chi connectivity index (χ4n) is 17.4. The van der Waals surface area contributed by atoms with Gasteiger partial charge in [-0.15, -0.1) is 0 Å². The van der Waals surface area contributed by atoms with Crippen LogP contribution in [0.2, 0.25) is 0 Å². The predicted molar refractivity (Wildman–Crippen MR) is 338 cm³/mol. The Hall–Kier alpha value is -6.91. The summed E-state index contributed by atoms with van der Waals surface area (Å²) in [5, 5.41) is 5.88. The molecule has 1 unspecified atom stereocenters. The summed E-state index contributed by atoms with van der Waals surface area (Å²) in [6, 6.07) is 55.6. The molecule has 0 N–H and O–H groups in total. The van der Waals surface area contributed by atoms with Crippen molar-refractivity contribution in [2.24, 2.45) is 76.3 Å². The number of hydrogen-bond donors (Lipinski definition) is 0. The van der Waals surface area contributed by atoms with Crippen LogP contribution in [0.1, 0.15) is 128 Å². The van der Waals surface area contributed by atoms with Gasteiger partial charge in [0.1, 0.15) is 22.6 Å². The normalized spacial score (nSPS) is 25.8. The molecule has 16 rings (SSSR count). The summed E-state index contributed by atoms with van der Waals surface area (Å²) >= 11 is -3.44. The quantitative estimate of drug-likeness (QED) is 0.0951. The highest BCUT2D eigenvalue weighted by atomic mass is 28.4. The van der Waals surface area contributed by atoms with Gasteiger partial charge in [0, 0.05) is 43.8 Å². The molecule has 6 bridgehead atoms. The Balaban J connectivity index is 0.887. The lowest BCUT2D eigenvalue weighted by atomic mass is 9.47. The molecule has 10 nitrogen and oxygen atoms in total. The molecule has 0 radical (unpaired) electrons. The van der Waals surface area contributed by atoms with E-state index in [9.17, 15) is 0 Å². The van der Waals surface area contributed by atoms with Gasteiger partial charge in [-0.25, -0.2) is 30.0 Å². The molecule has 0 amide bonds. The standard InChI is InChI=1S/C39H55O2Si.C32H16N8.Al/c1-28(2)13-12-14-29(3)35-21-22-36-34-20-19-30-27-31(23-25-38(30,4)37(34)24-26-39(35,36)5)41-42(40,32-15-8-6-9-16-32)33-17-10-7-11-18-33;1-2-10-18-17(9-1)25-33-26(18)38-28-21-13-5-6-14-22(21)30(35-28)40-32-24-16-8-7-15-23(24)31(36-32)39-29-20-12-4-3-11-19(20)27(34-29)37-25;/h6-11,15-19,28-29,31,34-37H,12-14,20-27H2,1-5H3;1-16H;/q-1;-2;+3/t29-,31?,34+,35-,36+,37+,38+,39-;;/m1../s1. The third-order valence-corrected chi connectivity index (χ3v) is 28.3. The molecule has 414 valence electrons. The van der Waals surface area contributed by atoms with Crippen LogP contribution in [0.5, 0.6) is 0 Å². The van der Waals surface area contributed by atoms with E-state index in [1.165, 1.54) is 51.4 Å². The van der Waals surface area contributed by atoms with Crippen molar-refractivity contribution >= 4 is 90.4 Å². The molecule has 8 aliphatic rings. The first-order valence-corrected chi connectivity index (χ1v) is 34.3. The minimum atomic E-state index is -3.88. The molecular weight excluding hydrogens is 1050 g/mol. The van der Waals surface area contributed by atoms with Crippen molar-refractivity contribution in [1.82, 2.24) is 7.10 Å². The molecule has 8 atom stereocenters. The van der Waals surface area contributed by atoms with E-state index in [-0.39, 0.29) is 11.5 Å². The maximum Gasteiger partial charge on any atom is 0.800 e. The Morgan fingerprint density at radius 2 is 1.06 bits per heavy atom. The predicted octanol–water partition coefficient (Wildman–Crippen LogP) is 13.6. The smallest absolute Gasteiger partial charge is 0.482 e. The Labute approximate surface area is 492 Å². The third-order valence-electron chi connectivity index (χ3n) is 21.4. The maximum atomic E-state index is 8.78. The number of hydrogen-bond acceptors (Lipinski definition) is 8. The molecule has 4 aliphatic carbocycles. The molecule has 0 spiro atoms. The van der Waals surface area contributed by atoms with Crippen LogP contribution in [0, 0.1) is 46.3 Å². The summed E-state index contributed by atoms with van der Waals surface area (Å²) in [5.41, 5.74) is 7.33. The number of benzene rings is 6. The zero-order chi connectivity index (χ0) is 55.8. The van der Waals surface area contributed by atoms with E-state index < -0.39 is 23.5 Å². The summed E-state index contributed by atoms with van der Waals surface area (Å²) in [4.78, 5) is 33.5. The lowest BCUT2D eigenvalue weighted by Crippen LogP contribution is -2.69. The maximum absolute atomic E-state index is 8.78. The van der Waals surface area contributed by atoms with E-state index in [0.29, 0.717) is 34.7 Å². The lowest BCUT2D eigenvalue weighted by molar-refractivity contribution is -0.0568. The van der Waals surface area contributed by atoms with E-state index in [2.05, 4.69) is 206 Å². The van der Waals surface area contributed by atoms with Crippen LogP contribution in [-0.2, 0) is 7.90 Å². The van der Waals surface area contributed by atoms with Crippen LogP contribution >= 0.6 is 0 Å². The highest BCUT2D eigenvalue weighted by Gasteiger charge is 2.60. The highest BCUT2D eigenvalue weighted by molar-refractivity contribution is 6.96. The van der Waals surface area contributed by atoms with Crippen molar-refractivity contribution in [3.63, 3.8) is 0 Å². The van der Waals surface area contributed by atoms with E-state index >= 15 is 0 Å². The molecule has 12 heteroatoms. The SMILES string of the molecule is CC(C)CCC[C@@H](C)[C@H]1CC[C@H]2[C@@H]3CC=C4CC(O[Si]([O][Al]5[n]6c7c8ccccc8c6N=C6N=C(N=c8c9ccccc9c([n]85)=NC5=NC(=N7)c7ccccc75)c5ccccc56)(c5ccccc5)c5ccccc5)CC[C@]4(C)[C@H]3CC[C@]12C. The number of fused-ring (bicyclic) bond motifs is 19. The van der Waals surface area contributed by atoms with Gasteiger partial charge in [-0.1, -0.05) is 223 Å².